The molecule has 1 aliphatic carbocycles. The zero-order valence-corrected chi connectivity index (χ0v) is 13.4. The number of hydrogen-bond acceptors (Lipinski definition) is 2. The number of aryl methyl sites for hydroxylation is 1. The molecule has 100 valence electrons. The van der Waals surface area contributed by atoms with Crippen molar-refractivity contribution in [2.45, 2.75) is 58.3 Å². The van der Waals surface area contributed by atoms with Gasteiger partial charge in [-0.1, -0.05) is 44.7 Å². The van der Waals surface area contributed by atoms with Crippen LogP contribution in [0.3, 0.4) is 0 Å². The summed E-state index contributed by atoms with van der Waals surface area (Å²) >= 11 is 9.66. The van der Waals surface area contributed by atoms with Gasteiger partial charge in [-0.15, -0.1) is 0 Å². The predicted octanol–water partition coefficient (Wildman–Crippen LogP) is 5.14. The van der Waals surface area contributed by atoms with Gasteiger partial charge in [-0.05, 0) is 41.1 Å². The number of aromatic nitrogens is 2. The third-order valence-corrected chi connectivity index (χ3v) is 5.29. The van der Waals surface area contributed by atoms with Crippen LogP contribution in [0, 0.1) is 5.92 Å². The molecule has 2 rings (SSSR count). The summed E-state index contributed by atoms with van der Waals surface area (Å²) in [6.07, 6.45) is 7.23. The molecule has 4 heteroatoms. The standard InChI is InChI=1S/C14H20BrClN2/c1-3-9-6-5-7-10(8-9)14-17-11(4-2)12(15)13(16)18-14/h9-10H,3-8H2,1-2H3. The maximum atomic E-state index is 6.19. The summed E-state index contributed by atoms with van der Waals surface area (Å²) in [5, 5.41) is 0.565. The Balaban J connectivity index is 2.24. The van der Waals surface area contributed by atoms with Crippen LogP contribution in [0.5, 0.6) is 0 Å². The van der Waals surface area contributed by atoms with Crippen molar-refractivity contribution in [3.8, 4) is 0 Å². The van der Waals surface area contributed by atoms with E-state index in [-0.39, 0.29) is 0 Å². The van der Waals surface area contributed by atoms with E-state index in [0.29, 0.717) is 11.1 Å². The number of hydrogen-bond donors (Lipinski definition) is 0. The number of rotatable bonds is 3. The van der Waals surface area contributed by atoms with Crippen molar-refractivity contribution in [3.05, 3.63) is 21.1 Å². The molecular formula is C14H20BrClN2. The van der Waals surface area contributed by atoms with Crippen LogP contribution < -0.4 is 0 Å². The first-order valence-corrected chi connectivity index (χ1v) is 8.04. The van der Waals surface area contributed by atoms with Gasteiger partial charge >= 0.3 is 0 Å². The summed E-state index contributed by atoms with van der Waals surface area (Å²) in [5.74, 6) is 2.29. The summed E-state index contributed by atoms with van der Waals surface area (Å²) in [6.45, 7) is 4.38. The van der Waals surface area contributed by atoms with Gasteiger partial charge in [0.1, 0.15) is 11.0 Å². The fourth-order valence-electron chi connectivity index (χ4n) is 2.79. The smallest absolute Gasteiger partial charge is 0.147 e. The van der Waals surface area contributed by atoms with Crippen molar-refractivity contribution in [1.29, 1.82) is 0 Å². The Morgan fingerprint density at radius 3 is 2.72 bits per heavy atom. The van der Waals surface area contributed by atoms with E-state index >= 15 is 0 Å². The highest BCUT2D eigenvalue weighted by Crippen LogP contribution is 2.37. The van der Waals surface area contributed by atoms with Crippen molar-refractivity contribution < 1.29 is 0 Å². The Kier molecular flexibility index (Phi) is 5.02. The molecule has 2 atom stereocenters. The minimum atomic E-state index is 0.500. The van der Waals surface area contributed by atoms with Gasteiger partial charge in [0, 0.05) is 5.92 Å². The van der Waals surface area contributed by atoms with Crippen LogP contribution in [0.4, 0.5) is 0 Å². The van der Waals surface area contributed by atoms with Crippen LogP contribution in [0.1, 0.15) is 63.4 Å². The molecule has 0 aliphatic heterocycles. The van der Waals surface area contributed by atoms with Crippen molar-refractivity contribution in [3.63, 3.8) is 0 Å². The SMILES string of the molecule is CCc1nc(C2CCCC(CC)C2)nc(Cl)c1Br. The van der Waals surface area contributed by atoms with Crippen molar-refractivity contribution in [1.82, 2.24) is 9.97 Å². The second-order valence-corrected chi connectivity index (χ2v) is 6.28. The molecule has 0 amide bonds. The van der Waals surface area contributed by atoms with E-state index in [1.807, 2.05) is 0 Å². The van der Waals surface area contributed by atoms with Crippen LogP contribution >= 0.6 is 27.5 Å². The van der Waals surface area contributed by atoms with Crippen LogP contribution in [0.25, 0.3) is 0 Å². The Labute approximate surface area is 123 Å². The normalized spacial score (nSPS) is 24.2. The Morgan fingerprint density at radius 2 is 2.06 bits per heavy atom. The van der Waals surface area contributed by atoms with Gasteiger partial charge in [-0.3, -0.25) is 0 Å². The summed E-state index contributed by atoms with van der Waals surface area (Å²) < 4.78 is 0.860. The summed E-state index contributed by atoms with van der Waals surface area (Å²) in [6, 6.07) is 0. The van der Waals surface area contributed by atoms with E-state index in [0.717, 1.165) is 28.3 Å². The highest BCUT2D eigenvalue weighted by Gasteiger charge is 2.25. The van der Waals surface area contributed by atoms with Crippen LogP contribution in [-0.2, 0) is 6.42 Å². The second-order valence-electron chi connectivity index (χ2n) is 5.12. The minimum absolute atomic E-state index is 0.500. The molecule has 2 nitrogen and oxygen atoms in total. The fraction of sp³-hybridized carbons (Fsp3) is 0.714. The van der Waals surface area contributed by atoms with Gasteiger partial charge in [0.15, 0.2) is 0 Å². The van der Waals surface area contributed by atoms with E-state index in [2.05, 4.69) is 34.8 Å². The Hall–Kier alpha value is -0.150. The third kappa shape index (κ3) is 3.05. The van der Waals surface area contributed by atoms with E-state index < -0.39 is 0 Å². The van der Waals surface area contributed by atoms with E-state index in [9.17, 15) is 0 Å². The quantitative estimate of drug-likeness (QED) is 0.717. The first-order chi connectivity index (χ1) is 8.65. The average molecular weight is 332 g/mol. The molecule has 1 aromatic rings. The lowest BCUT2D eigenvalue weighted by molar-refractivity contribution is 0.307. The molecule has 0 aromatic carbocycles. The largest absolute Gasteiger partial charge is 0.236 e. The van der Waals surface area contributed by atoms with Gasteiger partial charge in [-0.2, -0.15) is 0 Å². The maximum absolute atomic E-state index is 6.19. The van der Waals surface area contributed by atoms with Crippen molar-refractivity contribution in [2.24, 2.45) is 5.92 Å². The van der Waals surface area contributed by atoms with Crippen LogP contribution in [0.2, 0.25) is 5.15 Å². The topological polar surface area (TPSA) is 25.8 Å². The first-order valence-electron chi connectivity index (χ1n) is 6.87. The molecule has 1 aromatic heterocycles. The van der Waals surface area contributed by atoms with Gasteiger partial charge in [0.25, 0.3) is 0 Å². The van der Waals surface area contributed by atoms with Gasteiger partial charge in [-0.25, -0.2) is 9.97 Å². The molecular weight excluding hydrogens is 312 g/mol. The summed E-state index contributed by atoms with van der Waals surface area (Å²) in [7, 11) is 0. The molecule has 1 fully saturated rings. The lowest BCUT2D eigenvalue weighted by Crippen LogP contribution is -2.16. The zero-order chi connectivity index (χ0) is 13.1. The highest BCUT2D eigenvalue weighted by atomic mass is 79.9. The lowest BCUT2D eigenvalue weighted by Gasteiger charge is -2.27. The van der Waals surface area contributed by atoms with Crippen molar-refractivity contribution >= 4 is 27.5 Å². The molecule has 0 N–H and O–H groups in total. The average Bonchev–Trinajstić information content (AvgIpc) is 2.41. The number of halogens is 2. The lowest BCUT2D eigenvalue weighted by atomic mass is 9.80. The second kappa shape index (κ2) is 6.33. The summed E-state index contributed by atoms with van der Waals surface area (Å²) in [5.41, 5.74) is 1.03. The van der Waals surface area contributed by atoms with Gasteiger partial charge in [0.2, 0.25) is 0 Å². The Morgan fingerprint density at radius 1 is 1.28 bits per heavy atom. The molecule has 0 radical (unpaired) electrons. The monoisotopic (exact) mass is 330 g/mol. The molecule has 1 heterocycles. The van der Waals surface area contributed by atoms with E-state index in [1.54, 1.807) is 0 Å². The van der Waals surface area contributed by atoms with Crippen molar-refractivity contribution in [2.75, 3.05) is 0 Å². The maximum Gasteiger partial charge on any atom is 0.147 e. The molecule has 18 heavy (non-hydrogen) atoms. The number of nitrogens with zero attached hydrogens (tertiary/aromatic N) is 2. The zero-order valence-electron chi connectivity index (χ0n) is 11.0. The van der Waals surface area contributed by atoms with Gasteiger partial charge in [0.05, 0.1) is 10.2 Å². The predicted molar refractivity (Wildman–Crippen MR) is 79.1 cm³/mol. The van der Waals surface area contributed by atoms with Crippen LogP contribution in [0.15, 0.2) is 4.47 Å². The summed E-state index contributed by atoms with van der Waals surface area (Å²) in [4.78, 5) is 9.18. The molecule has 0 bridgehead atoms. The molecule has 2 unspecified atom stereocenters. The molecule has 0 saturated heterocycles. The fourth-order valence-corrected chi connectivity index (χ4v) is 3.45. The van der Waals surface area contributed by atoms with E-state index in [4.69, 9.17) is 16.6 Å². The Bertz CT molecular complexity index is 423. The molecule has 1 aliphatic rings. The van der Waals surface area contributed by atoms with Gasteiger partial charge < -0.3 is 0 Å². The first kappa shape index (κ1) is 14.3. The molecule has 0 spiro atoms. The highest BCUT2D eigenvalue weighted by molar-refractivity contribution is 9.10. The van der Waals surface area contributed by atoms with E-state index in [1.165, 1.54) is 32.1 Å². The minimum Gasteiger partial charge on any atom is -0.236 e. The third-order valence-electron chi connectivity index (χ3n) is 3.96. The van der Waals surface area contributed by atoms with Crippen LogP contribution in [-0.4, -0.2) is 9.97 Å². The molecule has 1 saturated carbocycles.